The Bertz CT molecular complexity index is 296. The van der Waals surface area contributed by atoms with Crippen molar-refractivity contribution in [1.29, 1.82) is 0 Å². The zero-order chi connectivity index (χ0) is 12.8. The van der Waals surface area contributed by atoms with Crippen LogP contribution in [0.4, 0.5) is 0 Å². The van der Waals surface area contributed by atoms with Crippen LogP contribution in [0.1, 0.15) is 46.0 Å². The molecule has 17 heavy (non-hydrogen) atoms. The van der Waals surface area contributed by atoms with Crippen molar-refractivity contribution < 1.29 is 19.4 Å². The van der Waals surface area contributed by atoms with Gasteiger partial charge in [0.15, 0.2) is 0 Å². The second-order valence-corrected chi connectivity index (χ2v) is 4.53. The molecular formula is C13H22O4. The molecule has 1 aliphatic rings. The molecule has 0 spiro atoms. The van der Waals surface area contributed by atoms with Crippen molar-refractivity contribution in [2.45, 2.75) is 58.2 Å². The normalized spacial score (nSPS) is 26.8. The van der Waals surface area contributed by atoms with Crippen molar-refractivity contribution in [3.8, 4) is 0 Å². The molecule has 1 fully saturated rings. The minimum Gasteiger partial charge on any atom is -0.492 e. The predicted octanol–water partition coefficient (Wildman–Crippen LogP) is 2.16. The van der Waals surface area contributed by atoms with Gasteiger partial charge < -0.3 is 14.6 Å². The first kappa shape index (κ1) is 14.0. The Morgan fingerprint density at radius 3 is 2.47 bits per heavy atom. The topological polar surface area (TPSA) is 55.8 Å². The van der Waals surface area contributed by atoms with Gasteiger partial charge in [-0.25, -0.2) is 4.79 Å². The maximum absolute atomic E-state index is 11.3. The van der Waals surface area contributed by atoms with Gasteiger partial charge in [-0.2, -0.15) is 0 Å². The first-order valence-corrected chi connectivity index (χ1v) is 6.16. The highest BCUT2D eigenvalue weighted by molar-refractivity contribution is 5.88. The highest BCUT2D eigenvalue weighted by Gasteiger charge is 2.24. The number of esters is 1. The van der Waals surface area contributed by atoms with Crippen LogP contribution >= 0.6 is 0 Å². The van der Waals surface area contributed by atoms with E-state index in [1.807, 2.05) is 0 Å². The molecule has 0 amide bonds. The number of methoxy groups -OCH3 is 1. The average molecular weight is 242 g/mol. The smallest absolute Gasteiger partial charge is 0.336 e. The van der Waals surface area contributed by atoms with Crippen molar-refractivity contribution in [2.24, 2.45) is 0 Å². The quantitative estimate of drug-likeness (QED) is 0.356. The van der Waals surface area contributed by atoms with Crippen LogP contribution in [0.5, 0.6) is 0 Å². The largest absolute Gasteiger partial charge is 0.492 e. The molecule has 0 aromatic carbocycles. The van der Waals surface area contributed by atoms with Gasteiger partial charge in [-0.15, -0.1) is 0 Å². The summed E-state index contributed by atoms with van der Waals surface area (Å²) < 4.78 is 10.3. The van der Waals surface area contributed by atoms with Crippen LogP contribution in [0.15, 0.2) is 11.3 Å². The van der Waals surface area contributed by atoms with E-state index in [-0.39, 0.29) is 12.1 Å². The van der Waals surface area contributed by atoms with E-state index in [9.17, 15) is 9.90 Å². The van der Waals surface area contributed by atoms with Crippen LogP contribution in [0.25, 0.3) is 0 Å². The number of hydrogen-bond donors (Lipinski definition) is 1. The summed E-state index contributed by atoms with van der Waals surface area (Å²) in [5, 5.41) is 9.91. The van der Waals surface area contributed by atoms with Crippen LogP contribution in [0.3, 0.4) is 0 Å². The minimum absolute atomic E-state index is 0.197. The fourth-order valence-corrected chi connectivity index (χ4v) is 2.00. The van der Waals surface area contributed by atoms with Gasteiger partial charge >= 0.3 is 5.97 Å². The first-order valence-electron chi connectivity index (χ1n) is 6.16. The molecule has 0 aliphatic heterocycles. The molecule has 1 saturated carbocycles. The monoisotopic (exact) mass is 242 g/mol. The summed E-state index contributed by atoms with van der Waals surface area (Å²) >= 11 is 0. The maximum atomic E-state index is 11.3. The Balaban J connectivity index is 2.65. The van der Waals surface area contributed by atoms with Gasteiger partial charge in [-0.1, -0.05) is 12.8 Å². The number of hydrogen-bond acceptors (Lipinski definition) is 4. The van der Waals surface area contributed by atoms with E-state index in [2.05, 4.69) is 4.74 Å². The summed E-state index contributed by atoms with van der Waals surface area (Å²) in [6.07, 6.45) is 4.22. The van der Waals surface area contributed by atoms with Crippen molar-refractivity contribution in [1.82, 2.24) is 0 Å². The molecule has 0 aromatic heterocycles. The number of carbonyl (C=O) groups excluding carboxylic acids is 1. The van der Waals surface area contributed by atoms with Gasteiger partial charge in [0, 0.05) is 0 Å². The zero-order valence-electron chi connectivity index (χ0n) is 10.9. The SMILES string of the molecule is COC(=O)/C(C)=C(/C)O[C@H]1CCCCC[C@@H]1O. The number of ether oxygens (including phenoxy) is 2. The Kier molecular flexibility index (Phi) is 5.48. The van der Waals surface area contributed by atoms with Crippen LogP contribution in [-0.4, -0.2) is 30.4 Å². The number of aliphatic hydroxyl groups is 1. The van der Waals surface area contributed by atoms with Crippen LogP contribution in [0.2, 0.25) is 0 Å². The predicted molar refractivity (Wildman–Crippen MR) is 64.4 cm³/mol. The molecule has 0 bridgehead atoms. The van der Waals surface area contributed by atoms with E-state index < -0.39 is 6.10 Å². The molecule has 0 radical (unpaired) electrons. The maximum Gasteiger partial charge on any atom is 0.336 e. The number of allylic oxidation sites excluding steroid dienone is 1. The molecule has 0 aromatic rings. The Morgan fingerprint density at radius 2 is 1.82 bits per heavy atom. The lowest BCUT2D eigenvalue weighted by atomic mass is 10.1. The van der Waals surface area contributed by atoms with E-state index in [1.54, 1.807) is 13.8 Å². The number of rotatable bonds is 3. The fraction of sp³-hybridized carbons (Fsp3) is 0.769. The molecule has 4 heteroatoms. The average Bonchev–Trinajstić information content (AvgIpc) is 2.53. The molecule has 0 heterocycles. The molecule has 98 valence electrons. The Hall–Kier alpha value is -1.03. The molecule has 4 nitrogen and oxygen atoms in total. The third kappa shape index (κ3) is 4.04. The third-order valence-electron chi connectivity index (χ3n) is 3.27. The summed E-state index contributed by atoms with van der Waals surface area (Å²) in [6, 6.07) is 0. The number of carbonyl (C=O) groups is 1. The molecule has 2 atom stereocenters. The van der Waals surface area contributed by atoms with E-state index in [0.29, 0.717) is 11.3 Å². The summed E-state index contributed by atoms with van der Waals surface area (Å²) in [5.41, 5.74) is 0.462. The van der Waals surface area contributed by atoms with E-state index in [0.717, 1.165) is 32.1 Å². The van der Waals surface area contributed by atoms with Crippen molar-refractivity contribution in [3.63, 3.8) is 0 Å². The third-order valence-corrected chi connectivity index (χ3v) is 3.27. The highest BCUT2D eigenvalue weighted by Crippen LogP contribution is 2.23. The summed E-state index contributed by atoms with van der Waals surface area (Å²) in [5.74, 6) is 0.161. The van der Waals surface area contributed by atoms with Gasteiger partial charge in [0.25, 0.3) is 0 Å². The molecular weight excluding hydrogens is 220 g/mol. The first-order chi connectivity index (χ1) is 8.06. The lowest BCUT2D eigenvalue weighted by Gasteiger charge is -2.23. The summed E-state index contributed by atoms with van der Waals surface area (Å²) in [6.45, 7) is 3.41. The molecule has 0 unspecified atom stereocenters. The van der Waals surface area contributed by atoms with Crippen LogP contribution in [0, 0.1) is 0 Å². The van der Waals surface area contributed by atoms with Gasteiger partial charge in [0.05, 0.1) is 18.8 Å². The summed E-state index contributed by atoms with van der Waals surface area (Å²) in [4.78, 5) is 11.3. The van der Waals surface area contributed by atoms with E-state index >= 15 is 0 Å². The molecule has 1 aliphatic carbocycles. The van der Waals surface area contributed by atoms with Crippen LogP contribution in [-0.2, 0) is 14.3 Å². The Labute approximate surface area is 103 Å². The lowest BCUT2D eigenvalue weighted by Crippen LogP contribution is -2.27. The molecule has 1 rings (SSSR count). The lowest BCUT2D eigenvalue weighted by molar-refractivity contribution is -0.136. The van der Waals surface area contributed by atoms with Gasteiger partial charge in [0.1, 0.15) is 11.9 Å². The molecule has 1 N–H and O–H groups in total. The second-order valence-electron chi connectivity index (χ2n) is 4.53. The van der Waals surface area contributed by atoms with E-state index in [1.165, 1.54) is 7.11 Å². The number of aliphatic hydroxyl groups excluding tert-OH is 1. The standard InChI is InChI=1S/C13H22O4/c1-9(13(15)16-3)10(2)17-12-8-6-4-5-7-11(12)14/h11-12,14H,4-8H2,1-3H3/b10-9-/t11-,12-/m0/s1. The van der Waals surface area contributed by atoms with Gasteiger partial charge in [0.2, 0.25) is 0 Å². The van der Waals surface area contributed by atoms with E-state index in [4.69, 9.17) is 4.74 Å². The zero-order valence-corrected chi connectivity index (χ0v) is 10.9. The summed E-state index contributed by atoms with van der Waals surface area (Å²) in [7, 11) is 1.35. The second kappa shape index (κ2) is 6.64. The Morgan fingerprint density at radius 1 is 1.18 bits per heavy atom. The van der Waals surface area contributed by atoms with Gasteiger partial charge in [-0.3, -0.25) is 0 Å². The van der Waals surface area contributed by atoms with Crippen molar-refractivity contribution in [2.75, 3.05) is 7.11 Å². The fourth-order valence-electron chi connectivity index (χ4n) is 2.00. The van der Waals surface area contributed by atoms with Crippen molar-refractivity contribution >= 4 is 5.97 Å². The molecule has 0 saturated heterocycles. The van der Waals surface area contributed by atoms with Crippen LogP contribution < -0.4 is 0 Å². The minimum atomic E-state index is -0.433. The highest BCUT2D eigenvalue weighted by atomic mass is 16.5. The van der Waals surface area contributed by atoms with Gasteiger partial charge in [-0.05, 0) is 33.1 Å². The van der Waals surface area contributed by atoms with Crippen molar-refractivity contribution in [3.05, 3.63) is 11.3 Å².